The zero-order chi connectivity index (χ0) is 16.1. The van der Waals surface area contributed by atoms with Crippen LogP contribution in [0.3, 0.4) is 0 Å². The third kappa shape index (κ3) is 4.59. The first-order chi connectivity index (χ1) is 9.77. The van der Waals surface area contributed by atoms with Gasteiger partial charge in [-0.25, -0.2) is 8.42 Å². The third-order valence-corrected chi connectivity index (χ3v) is 6.86. The lowest BCUT2D eigenvalue weighted by molar-refractivity contribution is 0.351. The number of nitrogens with zero attached hydrogens (tertiary/aromatic N) is 2. The van der Waals surface area contributed by atoms with Gasteiger partial charge in [-0.05, 0) is 26.7 Å². The molecule has 1 heterocycles. The molecule has 0 aromatic carbocycles. The fraction of sp³-hybridized carbons (Fsp3) is 0.933. The summed E-state index contributed by atoms with van der Waals surface area (Å²) in [5, 5.41) is 3.30. The van der Waals surface area contributed by atoms with E-state index in [0.29, 0.717) is 19.0 Å². The number of hydrogen-bond donors (Lipinski definition) is 1. The highest BCUT2D eigenvalue weighted by molar-refractivity contribution is 7.92. The molecule has 0 aromatic rings. The Morgan fingerprint density at radius 1 is 1.29 bits per heavy atom. The summed E-state index contributed by atoms with van der Waals surface area (Å²) in [4.78, 5) is 6.82. The summed E-state index contributed by atoms with van der Waals surface area (Å²) in [5.41, 5.74) is 0. The summed E-state index contributed by atoms with van der Waals surface area (Å²) >= 11 is 0. The van der Waals surface area contributed by atoms with Crippen LogP contribution >= 0.6 is 0 Å². The first kappa shape index (κ1) is 18.3. The molecule has 0 aliphatic carbocycles. The van der Waals surface area contributed by atoms with Crippen molar-refractivity contribution in [1.82, 2.24) is 10.2 Å². The quantitative estimate of drug-likeness (QED) is 0.621. The van der Waals surface area contributed by atoms with Crippen molar-refractivity contribution in [2.45, 2.75) is 52.2 Å². The Bertz CT molecular complexity index is 454. The lowest BCUT2D eigenvalue weighted by atomic mass is 10.0. The maximum atomic E-state index is 12.1. The lowest BCUT2D eigenvalue weighted by Crippen LogP contribution is -2.57. The normalized spacial score (nSPS) is 21.6. The molecule has 0 spiro atoms. The van der Waals surface area contributed by atoms with Gasteiger partial charge in [0, 0.05) is 26.2 Å². The molecule has 1 rings (SSSR count). The molecule has 1 aliphatic rings. The zero-order valence-corrected chi connectivity index (χ0v) is 15.0. The van der Waals surface area contributed by atoms with E-state index in [1.54, 1.807) is 13.8 Å². The maximum Gasteiger partial charge on any atom is 0.194 e. The largest absolute Gasteiger partial charge is 0.357 e. The average molecular weight is 317 g/mol. The summed E-state index contributed by atoms with van der Waals surface area (Å²) in [7, 11) is -3.01. The number of aliphatic imine (C=N–C) groups is 1. The van der Waals surface area contributed by atoms with Crippen LogP contribution in [0.4, 0.5) is 0 Å². The van der Waals surface area contributed by atoms with Gasteiger partial charge in [-0.2, -0.15) is 0 Å². The van der Waals surface area contributed by atoms with Crippen LogP contribution in [0.25, 0.3) is 0 Å². The van der Waals surface area contributed by atoms with Gasteiger partial charge in [0.2, 0.25) is 0 Å². The Labute approximate surface area is 130 Å². The number of nitrogens with one attached hydrogen (secondary N) is 1. The number of sulfone groups is 1. The van der Waals surface area contributed by atoms with Crippen molar-refractivity contribution in [3.63, 3.8) is 0 Å². The van der Waals surface area contributed by atoms with Crippen molar-refractivity contribution >= 4 is 15.8 Å². The molecule has 0 amide bonds. The number of hydrogen-bond acceptors (Lipinski definition) is 3. The van der Waals surface area contributed by atoms with Crippen LogP contribution in [0.15, 0.2) is 4.99 Å². The Morgan fingerprint density at radius 3 is 2.38 bits per heavy atom. The summed E-state index contributed by atoms with van der Waals surface area (Å²) < 4.78 is 23.5. The van der Waals surface area contributed by atoms with E-state index in [4.69, 9.17) is 4.99 Å². The molecule has 0 saturated carbocycles. The molecule has 1 aliphatic heterocycles. The second-order valence-corrected chi connectivity index (χ2v) is 9.12. The van der Waals surface area contributed by atoms with Crippen LogP contribution in [-0.4, -0.2) is 56.0 Å². The third-order valence-electron chi connectivity index (χ3n) is 4.33. The molecule has 1 N–H and O–H groups in total. The van der Waals surface area contributed by atoms with Gasteiger partial charge in [0.15, 0.2) is 15.8 Å². The van der Waals surface area contributed by atoms with Crippen molar-refractivity contribution < 1.29 is 8.42 Å². The fourth-order valence-electron chi connectivity index (χ4n) is 2.51. The van der Waals surface area contributed by atoms with E-state index >= 15 is 0 Å². The van der Waals surface area contributed by atoms with Crippen LogP contribution < -0.4 is 5.32 Å². The Kier molecular flexibility index (Phi) is 6.50. The Balaban J connectivity index is 2.84. The topological polar surface area (TPSA) is 61.8 Å². The molecule has 1 saturated heterocycles. The summed E-state index contributed by atoms with van der Waals surface area (Å²) in [6.07, 6.45) is 2.25. The van der Waals surface area contributed by atoms with Gasteiger partial charge >= 0.3 is 0 Å². The monoisotopic (exact) mass is 317 g/mol. The summed E-state index contributed by atoms with van der Waals surface area (Å²) in [5.74, 6) is 1.66. The van der Waals surface area contributed by atoms with Crippen LogP contribution in [-0.2, 0) is 9.84 Å². The minimum atomic E-state index is -3.01. The maximum absolute atomic E-state index is 12.1. The van der Waals surface area contributed by atoms with Crippen molar-refractivity contribution in [2.75, 3.05) is 31.9 Å². The van der Waals surface area contributed by atoms with Gasteiger partial charge < -0.3 is 10.2 Å². The van der Waals surface area contributed by atoms with Gasteiger partial charge in [0.1, 0.15) is 0 Å². The van der Waals surface area contributed by atoms with Crippen molar-refractivity contribution in [3.8, 4) is 0 Å². The molecule has 0 unspecified atom stereocenters. The van der Waals surface area contributed by atoms with Gasteiger partial charge in [-0.3, -0.25) is 4.99 Å². The second kappa shape index (κ2) is 7.47. The Morgan fingerprint density at radius 2 is 1.90 bits per heavy atom. The molecule has 21 heavy (non-hydrogen) atoms. The van der Waals surface area contributed by atoms with Crippen molar-refractivity contribution in [2.24, 2.45) is 10.9 Å². The first-order valence-electron chi connectivity index (χ1n) is 8.03. The lowest BCUT2D eigenvalue weighted by Gasteiger charge is -2.39. The summed E-state index contributed by atoms with van der Waals surface area (Å²) in [6.45, 7) is 12.7. The molecular weight excluding hydrogens is 286 g/mol. The molecule has 6 heteroatoms. The molecule has 0 radical (unpaired) electrons. The van der Waals surface area contributed by atoms with Gasteiger partial charge in [-0.1, -0.05) is 26.7 Å². The Hall–Kier alpha value is -0.780. The average Bonchev–Trinajstić information content (AvgIpc) is 2.42. The zero-order valence-electron chi connectivity index (χ0n) is 14.1. The van der Waals surface area contributed by atoms with E-state index in [1.807, 2.05) is 6.92 Å². The summed E-state index contributed by atoms with van der Waals surface area (Å²) in [6, 6.07) is 0. The minimum absolute atomic E-state index is 0.204. The van der Waals surface area contributed by atoms with Crippen LogP contribution in [0.5, 0.6) is 0 Å². The standard InChI is InChI=1S/C15H31N3O2S/c1-6-13(7-2)11-17-14(16-8-3)18-9-10-21(19,20)15(4,5)12-18/h13H,6-12H2,1-5H3,(H,16,17). The highest BCUT2D eigenvalue weighted by Crippen LogP contribution is 2.23. The molecular formula is C15H31N3O2S. The predicted molar refractivity (Wildman–Crippen MR) is 89.5 cm³/mol. The van der Waals surface area contributed by atoms with Crippen LogP contribution in [0, 0.1) is 5.92 Å². The predicted octanol–water partition coefficient (Wildman–Crippen LogP) is 1.90. The van der Waals surface area contributed by atoms with Crippen molar-refractivity contribution in [3.05, 3.63) is 0 Å². The number of rotatable bonds is 5. The smallest absolute Gasteiger partial charge is 0.194 e. The molecule has 124 valence electrons. The van der Waals surface area contributed by atoms with E-state index in [0.717, 1.165) is 31.9 Å². The van der Waals surface area contributed by atoms with E-state index in [-0.39, 0.29) is 5.75 Å². The highest BCUT2D eigenvalue weighted by atomic mass is 32.2. The van der Waals surface area contributed by atoms with Crippen molar-refractivity contribution in [1.29, 1.82) is 0 Å². The molecule has 0 aromatic heterocycles. The van der Waals surface area contributed by atoms with Gasteiger partial charge in [0.05, 0.1) is 10.5 Å². The van der Waals surface area contributed by atoms with Crippen LogP contribution in [0.2, 0.25) is 0 Å². The van der Waals surface area contributed by atoms with E-state index < -0.39 is 14.6 Å². The van der Waals surface area contributed by atoms with Gasteiger partial charge in [0.25, 0.3) is 0 Å². The molecule has 5 nitrogen and oxygen atoms in total. The van der Waals surface area contributed by atoms with E-state index in [1.165, 1.54) is 0 Å². The highest BCUT2D eigenvalue weighted by Gasteiger charge is 2.40. The molecule has 1 fully saturated rings. The van der Waals surface area contributed by atoms with Gasteiger partial charge in [-0.15, -0.1) is 0 Å². The molecule has 0 atom stereocenters. The number of guanidine groups is 1. The molecule has 0 bridgehead atoms. The first-order valence-corrected chi connectivity index (χ1v) is 9.68. The SMILES string of the molecule is CCNC(=NCC(CC)CC)N1CCS(=O)(=O)C(C)(C)C1. The fourth-order valence-corrected chi connectivity index (χ4v) is 3.88. The minimum Gasteiger partial charge on any atom is -0.357 e. The van der Waals surface area contributed by atoms with Crippen LogP contribution in [0.1, 0.15) is 47.5 Å². The second-order valence-electron chi connectivity index (χ2n) is 6.38. The van der Waals surface area contributed by atoms with E-state index in [2.05, 4.69) is 24.1 Å². The van der Waals surface area contributed by atoms with E-state index in [9.17, 15) is 8.42 Å².